The molecule has 0 radical (unpaired) electrons. The number of hydrogen-bond acceptors (Lipinski definition) is 4. The number of hydrogen-bond donors (Lipinski definition) is 1. The van der Waals surface area contributed by atoms with Crippen LogP contribution in [-0.4, -0.2) is 62.9 Å². The van der Waals surface area contributed by atoms with Crippen LogP contribution in [0.3, 0.4) is 0 Å². The first-order chi connectivity index (χ1) is 8.16. The summed E-state index contributed by atoms with van der Waals surface area (Å²) in [5, 5.41) is 3.44. The first-order valence-corrected chi connectivity index (χ1v) is 6.33. The molecule has 5 nitrogen and oxygen atoms in total. The van der Waals surface area contributed by atoms with Gasteiger partial charge in [0.1, 0.15) is 6.61 Å². The fourth-order valence-electron chi connectivity index (χ4n) is 2.40. The van der Waals surface area contributed by atoms with E-state index in [9.17, 15) is 4.79 Å². The molecule has 98 valence electrons. The van der Waals surface area contributed by atoms with Crippen LogP contribution in [0.5, 0.6) is 0 Å². The van der Waals surface area contributed by atoms with Crippen molar-refractivity contribution < 1.29 is 14.3 Å². The predicted molar refractivity (Wildman–Crippen MR) is 63.8 cm³/mol. The van der Waals surface area contributed by atoms with Crippen LogP contribution in [0.1, 0.15) is 19.3 Å². The van der Waals surface area contributed by atoms with E-state index in [0.717, 1.165) is 25.8 Å². The third kappa shape index (κ3) is 3.40. The summed E-state index contributed by atoms with van der Waals surface area (Å²) in [5.74, 6) is 0.00113. The van der Waals surface area contributed by atoms with Gasteiger partial charge in [-0.1, -0.05) is 0 Å². The number of nitrogens with zero attached hydrogens (tertiary/aromatic N) is 1. The van der Waals surface area contributed by atoms with Crippen molar-refractivity contribution in [2.45, 2.75) is 37.5 Å². The molecule has 1 N–H and O–H groups in total. The molecule has 2 rings (SSSR count). The third-order valence-electron chi connectivity index (χ3n) is 3.48. The zero-order valence-corrected chi connectivity index (χ0v) is 10.6. The van der Waals surface area contributed by atoms with Crippen LogP contribution in [0.4, 0.5) is 0 Å². The van der Waals surface area contributed by atoms with Gasteiger partial charge in [0, 0.05) is 20.1 Å². The highest BCUT2D eigenvalue weighted by Gasteiger charge is 2.34. The van der Waals surface area contributed by atoms with E-state index in [1.54, 1.807) is 19.0 Å². The molecule has 1 amide bonds. The van der Waals surface area contributed by atoms with Gasteiger partial charge in [-0.2, -0.15) is 0 Å². The lowest BCUT2D eigenvalue weighted by molar-refractivity contribution is -0.137. The number of rotatable bonds is 4. The molecule has 2 fully saturated rings. The van der Waals surface area contributed by atoms with Gasteiger partial charge in [0.25, 0.3) is 0 Å². The second-order valence-corrected chi connectivity index (χ2v) is 5.03. The number of ether oxygens (including phenoxy) is 2. The fourth-order valence-corrected chi connectivity index (χ4v) is 2.40. The van der Waals surface area contributed by atoms with E-state index in [1.165, 1.54) is 0 Å². The molecule has 0 bridgehead atoms. The van der Waals surface area contributed by atoms with E-state index in [2.05, 4.69) is 5.32 Å². The molecule has 0 unspecified atom stereocenters. The lowest BCUT2D eigenvalue weighted by Crippen LogP contribution is -2.42. The van der Waals surface area contributed by atoms with Crippen LogP contribution in [-0.2, 0) is 14.3 Å². The van der Waals surface area contributed by atoms with Crippen molar-refractivity contribution in [2.75, 3.05) is 33.9 Å². The number of carbonyl (C=O) groups is 1. The van der Waals surface area contributed by atoms with E-state index in [0.29, 0.717) is 18.8 Å². The highest BCUT2D eigenvalue weighted by molar-refractivity contribution is 5.76. The normalized spacial score (nSPS) is 32.2. The summed E-state index contributed by atoms with van der Waals surface area (Å²) in [4.78, 5) is 12.9. The summed E-state index contributed by atoms with van der Waals surface area (Å²) in [5.41, 5.74) is 0. The summed E-state index contributed by atoms with van der Waals surface area (Å²) >= 11 is 0. The number of nitrogens with one attached hydrogen (secondary N) is 1. The van der Waals surface area contributed by atoms with Gasteiger partial charge in [-0.3, -0.25) is 4.79 Å². The van der Waals surface area contributed by atoms with Crippen molar-refractivity contribution in [3.63, 3.8) is 0 Å². The van der Waals surface area contributed by atoms with E-state index < -0.39 is 0 Å². The molecule has 0 spiro atoms. The maximum absolute atomic E-state index is 11.3. The first-order valence-electron chi connectivity index (χ1n) is 6.33. The van der Waals surface area contributed by atoms with Crippen molar-refractivity contribution >= 4 is 5.91 Å². The van der Waals surface area contributed by atoms with Gasteiger partial charge in [0.2, 0.25) is 5.91 Å². The van der Waals surface area contributed by atoms with Gasteiger partial charge < -0.3 is 19.7 Å². The molecular formula is C12H22N2O3. The Morgan fingerprint density at radius 1 is 1.41 bits per heavy atom. The third-order valence-corrected chi connectivity index (χ3v) is 3.48. The van der Waals surface area contributed by atoms with Gasteiger partial charge in [0.05, 0.1) is 18.8 Å². The molecule has 17 heavy (non-hydrogen) atoms. The molecular weight excluding hydrogens is 220 g/mol. The number of amides is 1. The smallest absolute Gasteiger partial charge is 0.248 e. The van der Waals surface area contributed by atoms with Crippen LogP contribution in [0, 0.1) is 0 Å². The average molecular weight is 242 g/mol. The van der Waals surface area contributed by atoms with Crippen molar-refractivity contribution in [1.29, 1.82) is 0 Å². The molecule has 2 heterocycles. The second-order valence-electron chi connectivity index (χ2n) is 5.03. The van der Waals surface area contributed by atoms with Crippen LogP contribution >= 0.6 is 0 Å². The molecule has 0 saturated carbocycles. The molecule has 0 aliphatic carbocycles. The summed E-state index contributed by atoms with van der Waals surface area (Å²) in [6, 6.07) is 0.537. The van der Waals surface area contributed by atoms with Crippen LogP contribution in [0.2, 0.25) is 0 Å². The van der Waals surface area contributed by atoms with Gasteiger partial charge in [-0.25, -0.2) is 0 Å². The quantitative estimate of drug-likeness (QED) is 0.754. The van der Waals surface area contributed by atoms with Crippen LogP contribution < -0.4 is 5.32 Å². The second kappa shape index (κ2) is 5.80. The topological polar surface area (TPSA) is 50.8 Å². The Hall–Kier alpha value is -0.650. The largest absolute Gasteiger partial charge is 0.371 e. The Balaban J connectivity index is 1.65. The standard InChI is InChI=1S/C12H22N2O3/c1-14(2)12(15)8-16-7-9-3-4-10-11(17-9)5-6-13-10/h9-11,13H,3-8H2,1-2H3/t9-,10+,11+/m0/s1. The molecule has 2 aliphatic heterocycles. The summed E-state index contributed by atoms with van der Waals surface area (Å²) < 4.78 is 11.3. The van der Waals surface area contributed by atoms with E-state index >= 15 is 0 Å². The Kier molecular flexibility index (Phi) is 4.36. The Morgan fingerprint density at radius 3 is 3.00 bits per heavy atom. The zero-order chi connectivity index (χ0) is 12.3. The van der Waals surface area contributed by atoms with Gasteiger partial charge >= 0.3 is 0 Å². The summed E-state index contributed by atoms with van der Waals surface area (Å²) in [6.45, 7) is 1.74. The minimum atomic E-state index is 0.00113. The molecule has 0 aromatic rings. The molecule has 2 saturated heterocycles. The predicted octanol–water partition coefficient (Wildman–Crippen LogP) is 0.000700. The summed E-state index contributed by atoms with van der Waals surface area (Å²) in [7, 11) is 3.47. The van der Waals surface area contributed by atoms with E-state index in [4.69, 9.17) is 9.47 Å². The Bertz CT molecular complexity index is 270. The van der Waals surface area contributed by atoms with E-state index in [-0.39, 0.29) is 18.6 Å². The number of carbonyl (C=O) groups excluding carboxylic acids is 1. The van der Waals surface area contributed by atoms with Crippen molar-refractivity contribution in [3.8, 4) is 0 Å². The zero-order valence-electron chi connectivity index (χ0n) is 10.6. The van der Waals surface area contributed by atoms with E-state index in [1.807, 2.05) is 0 Å². The SMILES string of the molecule is CN(C)C(=O)COC[C@@H]1CC[C@H]2NCC[C@H]2O1. The molecule has 5 heteroatoms. The van der Waals surface area contributed by atoms with Crippen molar-refractivity contribution in [1.82, 2.24) is 10.2 Å². The van der Waals surface area contributed by atoms with Crippen molar-refractivity contribution in [2.24, 2.45) is 0 Å². The van der Waals surface area contributed by atoms with Crippen LogP contribution in [0.15, 0.2) is 0 Å². The monoisotopic (exact) mass is 242 g/mol. The Morgan fingerprint density at radius 2 is 2.24 bits per heavy atom. The number of likely N-dealkylation sites (N-methyl/N-ethyl adjacent to an activating group) is 1. The highest BCUT2D eigenvalue weighted by Crippen LogP contribution is 2.25. The van der Waals surface area contributed by atoms with Crippen LogP contribution in [0.25, 0.3) is 0 Å². The fraction of sp³-hybridized carbons (Fsp3) is 0.917. The lowest BCUT2D eigenvalue weighted by atomic mass is 10.0. The van der Waals surface area contributed by atoms with Gasteiger partial charge in [-0.05, 0) is 25.8 Å². The van der Waals surface area contributed by atoms with Gasteiger partial charge in [-0.15, -0.1) is 0 Å². The van der Waals surface area contributed by atoms with Gasteiger partial charge in [0.15, 0.2) is 0 Å². The lowest BCUT2D eigenvalue weighted by Gasteiger charge is -2.32. The Labute approximate surface area is 102 Å². The molecule has 0 aromatic carbocycles. The number of fused-ring (bicyclic) bond motifs is 1. The maximum atomic E-state index is 11.3. The summed E-state index contributed by atoms with van der Waals surface area (Å²) in [6.07, 6.45) is 3.77. The van der Waals surface area contributed by atoms with Crippen molar-refractivity contribution in [3.05, 3.63) is 0 Å². The first kappa shape index (κ1) is 12.8. The average Bonchev–Trinajstić information content (AvgIpc) is 2.75. The molecule has 2 aliphatic rings. The maximum Gasteiger partial charge on any atom is 0.248 e. The minimum Gasteiger partial charge on any atom is -0.371 e. The molecule has 0 aromatic heterocycles. The molecule has 3 atom stereocenters. The minimum absolute atomic E-state index is 0.00113. The highest BCUT2D eigenvalue weighted by atomic mass is 16.5.